The fourth-order valence-electron chi connectivity index (χ4n) is 3.08. The van der Waals surface area contributed by atoms with Crippen molar-refractivity contribution in [1.82, 2.24) is 19.6 Å². The molecule has 3 aromatic rings. The number of benzene rings is 1. The fourth-order valence-corrected chi connectivity index (χ4v) is 3.08. The van der Waals surface area contributed by atoms with E-state index in [1.807, 2.05) is 31.2 Å². The second-order valence-corrected chi connectivity index (χ2v) is 6.22. The number of aromatic nitrogens is 4. The summed E-state index contributed by atoms with van der Waals surface area (Å²) in [5, 5.41) is 3.38. The number of carbonyl (C=O) groups is 1. The molecule has 0 radical (unpaired) electrons. The van der Waals surface area contributed by atoms with Crippen LogP contribution < -0.4 is 0 Å². The van der Waals surface area contributed by atoms with Gasteiger partial charge in [0.05, 0.1) is 11.3 Å². The summed E-state index contributed by atoms with van der Waals surface area (Å²) < 4.78 is 39.2. The molecule has 1 aromatic carbocycles. The molecule has 8 heteroatoms. The summed E-state index contributed by atoms with van der Waals surface area (Å²) in [4.78, 5) is 20.1. The lowest BCUT2D eigenvalue weighted by Crippen LogP contribution is -2.21. The van der Waals surface area contributed by atoms with Crippen molar-refractivity contribution in [3.8, 4) is 0 Å². The molecule has 1 atom stereocenters. The van der Waals surface area contributed by atoms with E-state index in [0.29, 0.717) is 24.1 Å². The van der Waals surface area contributed by atoms with Crippen LogP contribution in [0.5, 0.6) is 0 Å². The van der Waals surface area contributed by atoms with Crippen LogP contribution >= 0.6 is 0 Å². The largest absolute Gasteiger partial charge is 0.453 e. The molecule has 0 fully saturated rings. The molecule has 2 heterocycles. The molecule has 2 aromatic heterocycles. The minimum Gasteiger partial charge on any atom is -0.294 e. The maximum atomic E-state index is 12.8. The van der Waals surface area contributed by atoms with Gasteiger partial charge in [-0.1, -0.05) is 29.8 Å². The molecular formula is C17H13F3N4O. The van der Waals surface area contributed by atoms with E-state index in [0.717, 1.165) is 15.6 Å². The number of hydrogen-bond acceptors (Lipinski definition) is 4. The minimum absolute atomic E-state index is 0.0412. The van der Waals surface area contributed by atoms with Gasteiger partial charge in [0.2, 0.25) is 0 Å². The van der Waals surface area contributed by atoms with Gasteiger partial charge in [-0.05, 0) is 24.8 Å². The number of carbonyl (C=O) groups excluding carboxylic acids is 1. The smallest absolute Gasteiger partial charge is 0.294 e. The third kappa shape index (κ3) is 2.77. The standard InChI is InChI=1S/C17H13F3N4O/c1-9-2-4-10(5-3-9)11-6-13-12(14(25)7-11)8-24-16(21-13)22-15(23-24)17(18,19)20/h2-5,8,11H,6-7H2,1H3/t11-/m0/s1. The van der Waals surface area contributed by atoms with Crippen LogP contribution in [-0.4, -0.2) is 25.4 Å². The molecule has 4 rings (SSSR count). The van der Waals surface area contributed by atoms with Crippen LogP contribution in [0, 0.1) is 6.92 Å². The summed E-state index contributed by atoms with van der Waals surface area (Å²) in [6.07, 6.45) is -2.57. The van der Waals surface area contributed by atoms with Crippen LogP contribution in [-0.2, 0) is 12.6 Å². The van der Waals surface area contributed by atoms with E-state index in [4.69, 9.17) is 0 Å². The third-order valence-electron chi connectivity index (χ3n) is 4.38. The molecule has 1 aliphatic carbocycles. The highest BCUT2D eigenvalue weighted by Crippen LogP contribution is 2.32. The Kier molecular flexibility index (Phi) is 3.38. The lowest BCUT2D eigenvalue weighted by Gasteiger charge is -2.23. The lowest BCUT2D eigenvalue weighted by molar-refractivity contribution is -0.144. The van der Waals surface area contributed by atoms with Gasteiger partial charge in [-0.3, -0.25) is 4.79 Å². The Balaban J connectivity index is 1.75. The molecule has 0 N–H and O–H groups in total. The van der Waals surface area contributed by atoms with Crippen molar-refractivity contribution in [2.75, 3.05) is 0 Å². The number of Topliss-reactive ketones (excluding diaryl/α,β-unsaturated/α-hetero) is 1. The van der Waals surface area contributed by atoms with Crippen molar-refractivity contribution in [2.24, 2.45) is 0 Å². The van der Waals surface area contributed by atoms with Gasteiger partial charge in [-0.15, -0.1) is 5.10 Å². The van der Waals surface area contributed by atoms with Crippen molar-refractivity contribution in [1.29, 1.82) is 0 Å². The predicted octanol–water partition coefficient (Wildman–Crippen LogP) is 3.36. The summed E-state index contributed by atoms with van der Waals surface area (Å²) in [6, 6.07) is 7.88. The quantitative estimate of drug-likeness (QED) is 0.678. The zero-order chi connectivity index (χ0) is 17.8. The number of halogens is 3. The Bertz CT molecular complexity index is 976. The first-order valence-electron chi connectivity index (χ1n) is 7.74. The van der Waals surface area contributed by atoms with Gasteiger partial charge in [0, 0.05) is 12.6 Å². The Morgan fingerprint density at radius 3 is 2.52 bits per heavy atom. The second-order valence-electron chi connectivity index (χ2n) is 6.22. The summed E-state index contributed by atoms with van der Waals surface area (Å²) in [5.41, 5.74) is 2.92. The minimum atomic E-state index is -4.65. The van der Waals surface area contributed by atoms with Crippen LogP contribution in [0.2, 0.25) is 0 Å². The third-order valence-corrected chi connectivity index (χ3v) is 4.38. The molecule has 0 amide bonds. The average molecular weight is 346 g/mol. The van der Waals surface area contributed by atoms with Gasteiger partial charge < -0.3 is 0 Å². The average Bonchev–Trinajstić information content (AvgIpc) is 2.97. The molecule has 0 saturated heterocycles. The van der Waals surface area contributed by atoms with Crippen LogP contribution in [0.1, 0.15) is 45.3 Å². The zero-order valence-corrected chi connectivity index (χ0v) is 13.2. The first kappa shape index (κ1) is 15.7. The van der Waals surface area contributed by atoms with Crippen molar-refractivity contribution in [3.63, 3.8) is 0 Å². The SMILES string of the molecule is Cc1ccc([C@@H]2CC(=O)c3cn4nc(C(F)(F)F)nc4nc3C2)cc1. The molecular weight excluding hydrogens is 333 g/mol. The first-order chi connectivity index (χ1) is 11.8. The molecule has 5 nitrogen and oxygen atoms in total. The van der Waals surface area contributed by atoms with Crippen LogP contribution in [0.4, 0.5) is 13.2 Å². The number of hydrogen-bond donors (Lipinski definition) is 0. The molecule has 25 heavy (non-hydrogen) atoms. The monoisotopic (exact) mass is 346 g/mol. The summed E-state index contributed by atoms with van der Waals surface area (Å²) in [7, 11) is 0. The second kappa shape index (κ2) is 5.37. The van der Waals surface area contributed by atoms with Gasteiger partial charge in [-0.25, -0.2) is 9.50 Å². The first-order valence-corrected chi connectivity index (χ1v) is 7.74. The predicted molar refractivity (Wildman–Crippen MR) is 82.4 cm³/mol. The van der Waals surface area contributed by atoms with Crippen LogP contribution in [0.15, 0.2) is 30.5 Å². The fraction of sp³-hybridized carbons (Fsp3) is 0.294. The van der Waals surface area contributed by atoms with Gasteiger partial charge in [0.25, 0.3) is 11.6 Å². The van der Waals surface area contributed by atoms with Crippen molar-refractivity contribution < 1.29 is 18.0 Å². The lowest BCUT2D eigenvalue weighted by atomic mass is 9.82. The number of aryl methyl sites for hydroxylation is 1. The Labute approximate surface area is 140 Å². The summed E-state index contributed by atoms with van der Waals surface area (Å²) in [5.74, 6) is -1.60. The topological polar surface area (TPSA) is 60.2 Å². The van der Waals surface area contributed by atoms with E-state index < -0.39 is 12.0 Å². The Morgan fingerprint density at radius 2 is 1.84 bits per heavy atom. The van der Waals surface area contributed by atoms with Crippen molar-refractivity contribution in [2.45, 2.75) is 31.9 Å². The highest BCUT2D eigenvalue weighted by molar-refractivity contribution is 5.98. The van der Waals surface area contributed by atoms with Gasteiger partial charge >= 0.3 is 6.18 Å². The van der Waals surface area contributed by atoms with Crippen molar-refractivity contribution in [3.05, 3.63) is 58.7 Å². The number of fused-ring (bicyclic) bond motifs is 2. The van der Waals surface area contributed by atoms with Crippen LogP contribution in [0.3, 0.4) is 0 Å². The van der Waals surface area contributed by atoms with E-state index in [-0.39, 0.29) is 17.5 Å². The molecule has 0 unspecified atom stereocenters. The maximum absolute atomic E-state index is 12.8. The van der Waals surface area contributed by atoms with Gasteiger partial charge in [0.15, 0.2) is 5.78 Å². The van der Waals surface area contributed by atoms with Gasteiger partial charge in [-0.2, -0.15) is 18.2 Å². The molecule has 0 bridgehead atoms. The maximum Gasteiger partial charge on any atom is 0.453 e. The molecule has 0 saturated carbocycles. The number of nitrogens with zero attached hydrogens (tertiary/aromatic N) is 4. The van der Waals surface area contributed by atoms with Gasteiger partial charge in [0.1, 0.15) is 0 Å². The highest BCUT2D eigenvalue weighted by Gasteiger charge is 2.37. The summed E-state index contributed by atoms with van der Waals surface area (Å²) >= 11 is 0. The zero-order valence-electron chi connectivity index (χ0n) is 13.2. The molecule has 1 aliphatic rings. The van der Waals surface area contributed by atoms with E-state index in [1.165, 1.54) is 6.20 Å². The molecule has 128 valence electrons. The molecule has 0 spiro atoms. The van der Waals surface area contributed by atoms with E-state index in [1.54, 1.807) is 0 Å². The van der Waals surface area contributed by atoms with E-state index in [9.17, 15) is 18.0 Å². The number of rotatable bonds is 1. The molecule has 0 aliphatic heterocycles. The Hall–Kier alpha value is -2.77. The Morgan fingerprint density at radius 1 is 1.12 bits per heavy atom. The van der Waals surface area contributed by atoms with Crippen LogP contribution in [0.25, 0.3) is 5.78 Å². The summed E-state index contributed by atoms with van der Waals surface area (Å²) in [6.45, 7) is 1.98. The number of ketones is 1. The number of alkyl halides is 3. The van der Waals surface area contributed by atoms with Crippen molar-refractivity contribution >= 4 is 11.6 Å². The van der Waals surface area contributed by atoms with E-state index >= 15 is 0 Å². The van der Waals surface area contributed by atoms with E-state index in [2.05, 4.69) is 15.1 Å². The normalized spacial score (nSPS) is 17.8. The highest BCUT2D eigenvalue weighted by atomic mass is 19.4.